The van der Waals surface area contributed by atoms with Crippen LogP contribution in [0.25, 0.3) is 44.5 Å². The smallest absolute Gasteiger partial charge is 0.406 e. The molecule has 0 saturated carbocycles. The minimum atomic E-state index is -4.75. The van der Waals surface area contributed by atoms with Gasteiger partial charge in [0.25, 0.3) is 0 Å². The van der Waals surface area contributed by atoms with E-state index in [1.54, 1.807) is 0 Å². The molecule has 6 aromatic rings. The third kappa shape index (κ3) is 10.6. The molecule has 2 nitrogen and oxygen atoms in total. The predicted octanol–water partition coefficient (Wildman–Crippen LogP) is 15.4. The van der Waals surface area contributed by atoms with Crippen LogP contribution in [-0.2, 0) is 6.42 Å². The van der Waals surface area contributed by atoms with Crippen LogP contribution in [0.5, 0.6) is 11.5 Å². The Morgan fingerprint density at radius 3 is 0.925 bits per heavy atom. The lowest BCUT2D eigenvalue weighted by molar-refractivity contribution is -0.275. The lowest BCUT2D eigenvalue weighted by atomic mass is 9.96. The van der Waals surface area contributed by atoms with Crippen molar-refractivity contribution in [1.82, 2.24) is 0 Å². The molecular formula is C39H20F6I6O2. The second-order valence-electron chi connectivity index (χ2n) is 11.6. The van der Waals surface area contributed by atoms with Gasteiger partial charge in [-0.05, 0) is 223 Å². The van der Waals surface area contributed by atoms with Gasteiger partial charge in [-0.25, -0.2) is 0 Å². The van der Waals surface area contributed by atoms with E-state index in [9.17, 15) is 26.3 Å². The summed E-state index contributed by atoms with van der Waals surface area (Å²) in [5.41, 5.74) is 10.1. The van der Waals surface area contributed by atoms with Gasteiger partial charge in [0.05, 0.1) is 0 Å². The summed E-state index contributed by atoms with van der Waals surface area (Å²) >= 11 is 12.9. The highest BCUT2D eigenvalue weighted by molar-refractivity contribution is 14.1. The summed E-state index contributed by atoms with van der Waals surface area (Å²) in [4.78, 5) is 0. The molecule has 6 rings (SSSR count). The van der Waals surface area contributed by atoms with Crippen molar-refractivity contribution in [3.63, 3.8) is 0 Å². The molecule has 0 unspecified atom stereocenters. The third-order valence-corrected chi connectivity index (χ3v) is 13.4. The second-order valence-corrected chi connectivity index (χ2v) is 18.5. The lowest BCUT2D eigenvalue weighted by Crippen LogP contribution is -2.17. The predicted molar refractivity (Wildman–Crippen MR) is 247 cm³/mol. The van der Waals surface area contributed by atoms with E-state index in [1.807, 2.05) is 139 Å². The molecule has 0 aromatic heterocycles. The van der Waals surface area contributed by atoms with Gasteiger partial charge in [0, 0.05) is 32.5 Å². The van der Waals surface area contributed by atoms with Crippen LogP contribution in [0.2, 0.25) is 0 Å². The molecule has 0 amide bonds. The van der Waals surface area contributed by atoms with Gasteiger partial charge in [0.15, 0.2) is 0 Å². The number of rotatable bonds is 8. The summed E-state index contributed by atoms with van der Waals surface area (Å²) in [7, 11) is 0. The summed E-state index contributed by atoms with van der Waals surface area (Å²) in [5, 5.41) is 0. The van der Waals surface area contributed by atoms with Crippen LogP contribution in [0.1, 0.15) is 11.1 Å². The minimum Gasteiger partial charge on any atom is -0.406 e. The molecule has 0 heterocycles. The Morgan fingerprint density at radius 2 is 0.642 bits per heavy atom. The van der Waals surface area contributed by atoms with Crippen LogP contribution in [0, 0.1) is 21.4 Å². The molecule has 0 aliphatic rings. The van der Waals surface area contributed by atoms with E-state index in [1.165, 1.54) is 35.4 Å². The van der Waals surface area contributed by atoms with Crippen LogP contribution in [0.15, 0.2) is 109 Å². The quantitative estimate of drug-likeness (QED) is 0.112. The molecule has 6 aromatic carbocycles. The van der Waals surface area contributed by atoms with Crippen molar-refractivity contribution in [3.05, 3.63) is 142 Å². The molecule has 0 saturated heterocycles. The molecule has 0 aliphatic heterocycles. The van der Waals surface area contributed by atoms with Crippen molar-refractivity contribution in [1.29, 1.82) is 0 Å². The first-order valence-corrected chi connectivity index (χ1v) is 21.7. The van der Waals surface area contributed by atoms with Crippen molar-refractivity contribution in [2.75, 3.05) is 0 Å². The molecule has 272 valence electrons. The van der Waals surface area contributed by atoms with E-state index in [0.717, 1.165) is 58.1 Å². The van der Waals surface area contributed by atoms with Gasteiger partial charge in [-0.2, -0.15) is 0 Å². The van der Waals surface area contributed by atoms with Gasteiger partial charge in [-0.3, -0.25) is 0 Å². The Morgan fingerprint density at radius 1 is 0.358 bits per heavy atom. The maximum absolute atomic E-state index is 12.7. The SMILES string of the molecule is FC(F)(F)Oc1cc(I)c(-c2ccc(-c3ccc(Cc4ccc(-c5ccc(-c6c(I)cc(OC(F)(F)F)cc6I)cc5)cc4I)c(I)c3)cc2)c(I)c1. The van der Waals surface area contributed by atoms with Crippen LogP contribution < -0.4 is 9.47 Å². The lowest BCUT2D eigenvalue weighted by Gasteiger charge is -2.14. The number of alkyl halides is 6. The van der Waals surface area contributed by atoms with Gasteiger partial charge in [-0.1, -0.05) is 72.8 Å². The van der Waals surface area contributed by atoms with Crippen LogP contribution in [0.3, 0.4) is 0 Å². The van der Waals surface area contributed by atoms with Gasteiger partial charge < -0.3 is 9.47 Å². The van der Waals surface area contributed by atoms with Gasteiger partial charge in [0.1, 0.15) is 11.5 Å². The normalized spacial score (nSPS) is 11.8. The van der Waals surface area contributed by atoms with Crippen molar-refractivity contribution >= 4 is 136 Å². The molecule has 0 radical (unpaired) electrons. The number of ether oxygens (including phenoxy) is 2. The maximum atomic E-state index is 12.7. The summed E-state index contributed by atoms with van der Waals surface area (Å²) in [6.45, 7) is 0. The topological polar surface area (TPSA) is 18.5 Å². The van der Waals surface area contributed by atoms with E-state index in [-0.39, 0.29) is 11.5 Å². The zero-order valence-corrected chi connectivity index (χ0v) is 39.4. The van der Waals surface area contributed by atoms with Crippen molar-refractivity contribution in [2.45, 2.75) is 19.1 Å². The monoisotopic (exact) mass is 1400 g/mol. The summed E-state index contributed by atoms with van der Waals surface area (Å²) < 4.78 is 89.6. The van der Waals surface area contributed by atoms with Gasteiger partial charge in [0.2, 0.25) is 0 Å². The Bertz CT molecular complexity index is 2100. The first kappa shape index (κ1) is 41.5. The number of hydrogen-bond acceptors (Lipinski definition) is 2. The minimum absolute atomic E-state index is 0.238. The first-order valence-electron chi connectivity index (χ1n) is 15.2. The Kier molecular flexibility index (Phi) is 13.4. The molecule has 0 aliphatic carbocycles. The standard InChI is InChI=1S/C39H20F6I6O2/c40-38(41,42)52-28-16-32(48)36(33(49)17-28)22-5-1-20(2-6-22)24-9-11-26(30(46)14-24)13-27-12-10-25(15-31(27)47)21-3-7-23(8-4-21)37-34(50)18-29(19-35(37)51)53-39(43,44)45/h1-12,14-19H,13H2. The number of benzene rings is 6. The Labute approximate surface area is 383 Å². The van der Waals surface area contributed by atoms with Gasteiger partial charge >= 0.3 is 12.7 Å². The zero-order valence-electron chi connectivity index (χ0n) is 26.5. The van der Waals surface area contributed by atoms with Crippen LogP contribution in [0.4, 0.5) is 26.3 Å². The highest BCUT2D eigenvalue weighted by atomic mass is 127. The fraction of sp³-hybridized carbons (Fsp3) is 0.0769. The third-order valence-electron chi connectivity index (χ3n) is 8.00. The average Bonchev–Trinajstić information content (AvgIpc) is 3.05. The molecule has 0 atom stereocenters. The molecule has 0 bridgehead atoms. The van der Waals surface area contributed by atoms with Crippen molar-refractivity contribution < 1.29 is 35.8 Å². The largest absolute Gasteiger partial charge is 0.573 e. The van der Waals surface area contributed by atoms with Crippen LogP contribution >= 0.6 is 136 Å². The maximum Gasteiger partial charge on any atom is 0.573 e. The summed E-state index contributed by atoms with van der Waals surface area (Å²) in [6.07, 6.45) is -8.74. The molecule has 53 heavy (non-hydrogen) atoms. The first-order chi connectivity index (χ1) is 24.9. The van der Waals surface area contributed by atoms with Gasteiger partial charge in [-0.15, -0.1) is 26.3 Å². The molecule has 14 heteroatoms. The highest BCUT2D eigenvalue weighted by Crippen LogP contribution is 2.39. The molecular weight excluding hydrogens is 1380 g/mol. The van der Waals surface area contributed by atoms with E-state index < -0.39 is 12.7 Å². The summed E-state index contributed by atoms with van der Waals surface area (Å²) in [6, 6.07) is 34.4. The zero-order chi connectivity index (χ0) is 38.2. The van der Waals surface area contributed by atoms with Crippen molar-refractivity contribution in [3.8, 4) is 56.0 Å². The van der Waals surface area contributed by atoms with Crippen LogP contribution in [-0.4, -0.2) is 12.7 Å². The highest BCUT2D eigenvalue weighted by Gasteiger charge is 2.32. The molecule has 0 N–H and O–H groups in total. The van der Waals surface area contributed by atoms with E-state index in [0.29, 0.717) is 14.3 Å². The Balaban J connectivity index is 1.15. The second kappa shape index (κ2) is 17.2. The van der Waals surface area contributed by atoms with E-state index in [2.05, 4.69) is 91.1 Å². The van der Waals surface area contributed by atoms with E-state index >= 15 is 0 Å². The fourth-order valence-electron chi connectivity index (χ4n) is 5.64. The fourth-order valence-corrected chi connectivity index (χ4v) is 11.7. The van der Waals surface area contributed by atoms with Crippen molar-refractivity contribution in [2.24, 2.45) is 0 Å². The Hall–Kier alpha value is -1.12. The summed E-state index contributed by atoms with van der Waals surface area (Å²) in [5.74, 6) is -0.477. The molecule has 0 fully saturated rings. The number of hydrogen-bond donors (Lipinski definition) is 0. The molecule has 0 spiro atoms. The average molecular weight is 1400 g/mol. The van der Waals surface area contributed by atoms with E-state index in [4.69, 9.17) is 0 Å². The number of halogens is 12.